The summed E-state index contributed by atoms with van der Waals surface area (Å²) in [5.41, 5.74) is 3.20. The molecule has 34 heavy (non-hydrogen) atoms. The highest BCUT2D eigenvalue weighted by atomic mass is 31.2. The summed E-state index contributed by atoms with van der Waals surface area (Å²) in [6.45, 7) is 1.35. The van der Waals surface area contributed by atoms with Crippen molar-refractivity contribution in [3.63, 3.8) is 0 Å². The summed E-state index contributed by atoms with van der Waals surface area (Å²) >= 11 is 0. The molecule has 0 saturated carbocycles. The molecule has 2 nitrogen and oxygen atoms in total. The van der Waals surface area contributed by atoms with Gasteiger partial charge in [0.05, 0.1) is 0 Å². The summed E-state index contributed by atoms with van der Waals surface area (Å²) < 4.78 is 0. The van der Waals surface area contributed by atoms with Crippen molar-refractivity contribution in [2.75, 3.05) is 0 Å². The quantitative estimate of drug-likeness (QED) is 0.279. The van der Waals surface area contributed by atoms with E-state index in [1.807, 2.05) is 129 Å². The third-order valence-electron chi connectivity index (χ3n) is 6.05. The number of ketones is 1. The third kappa shape index (κ3) is 4.32. The molecule has 0 aliphatic rings. The fraction of sp³-hybridized carbons (Fsp3) is 0.0645. The highest BCUT2D eigenvalue weighted by Crippen LogP contribution is 2.46. The van der Waals surface area contributed by atoms with Crippen molar-refractivity contribution in [2.24, 2.45) is 0 Å². The predicted octanol–water partition coefficient (Wildman–Crippen LogP) is 5.58. The highest BCUT2D eigenvalue weighted by Gasteiger charge is 2.32. The van der Waals surface area contributed by atoms with Gasteiger partial charge in [0.1, 0.15) is 11.4 Å². The Morgan fingerprint density at radius 2 is 1.09 bits per heavy atom. The zero-order valence-corrected chi connectivity index (χ0v) is 20.2. The topological polar surface area (TPSA) is 40.9 Å². The van der Waals surface area contributed by atoms with Gasteiger partial charge in [0.15, 0.2) is 5.78 Å². The standard InChI is InChI=1S/C31H26NOP/c1-24-13-12-14-25(2)29(24)21-22-30(33)31(23-32)34(26-15-6-3-7-16-26,27-17-8-4-9-18-27)28-19-10-5-11-20-28/h3-22H,1-2H3. The molecule has 0 radical (unpaired) electrons. The summed E-state index contributed by atoms with van der Waals surface area (Å²) in [6, 6.07) is 38.4. The van der Waals surface area contributed by atoms with Gasteiger partial charge in [-0.25, -0.2) is 0 Å². The van der Waals surface area contributed by atoms with Gasteiger partial charge in [0.25, 0.3) is 0 Å². The second-order valence-corrected chi connectivity index (χ2v) is 11.5. The van der Waals surface area contributed by atoms with Crippen LogP contribution in [0.15, 0.2) is 115 Å². The van der Waals surface area contributed by atoms with Crippen LogP contribution in [0.3, 0.4) is 0 Å². The van der Waals surface area contributed by atoms with Crippen LogP contribution < -0.4 is 15.9 Å². The first kappa shape index (κ1) is 23.2. The molecule has 0 aliphatic heterocycles. The smallest absolute Gasteiger partial charge is 0.197 e. The second kappa shape index (κ2) is 10.3. The fourth-order valence-electron chi connectivity index (χ4n) is 4.41. The molecule has 0 spiro atoms. The van der Waals surface area contributed by atoms with E-state index in [0.717, 1.165) is 32.6 Å². The van der Waals surface area contributed by atoms with Crippen LogP contribution >= 0.6 is 6.89 Å². The average Bonchev–Trinajstić information content (AvgIpc) is 2.88. The molecule has 4 rings (SSSR count). The molecule has 0 heterocycles. The minimum Gasteiger partial charge on any atom is -0.288 e. The average molecular weight is 460 g/mol. The number of allylic oxidation sites excluding steroid dienone is 1. The molecule has 0 bridgehead atoms. The largest absolute Gasteiger partial charge is 0.288 e. The maximum atomic E-state index is 13.8. The van der Waals surface area contributed by atoms with E-state index in [-0.39, 0.29) is 11.1 Å². The Labute approximate surface area is 201 Å². The summed E-state index contributed by atoms with van der Waals surface area (Å²) in [5, 5.41) is 13.7. The SMILES string of the molecule is Cc1cccc(C)c1C=CC(=O)C(C#N)=P(c1ccccc1)(c1ccccc1)c1ccccc1. The van der Waals surface area contributed by atoms with Crippen molar-refractivity contribution in [1.29, 1.82) is 5.26 Å². The first-order valence-corrected chi connectivity index (χ1v) is 13.0. The van der Waals surface area contributed by atoms with E-state index < -0.39 is 6.89 Å². The van der Waals surface area contributed by atoms with Crippen LogP contribution in [0.5, 0.6) is 0 Å². The molecule has 0 N–H and O–H groups in total. The Bertz CT molecular complexity index is 1310. The number of hydrogen-bond donors (Lipinski definition) is 0. The van der Waals surface area contributed by atoms with Gasteiger partial charge in [0.2, 0.25) is 0 Å². The lowest BCUT2D eigenvalue weighted by atomic mass is 10.0. The van der Waals surface area contributed by atoms with Crippen LogP contribution in [0.1, 0.15) is 16.7 Å². The Morgan fingerprint density at radius 3 is 1.47 bits per heavy atom. The molecule has 3 heteroatoms. The summed E-state index contributed by atoms with van der Waals surface area (Å²) in [4.78, 5) is 13.8. The zero-order valence-electron chi connectivity index (χ0n) is 19.3. The van der Waals surface area contributed by atoms with Gasteiger partial charge < -0.3 is 0 Å². The Balaban J connectivity index is 2.07. The highest BCUT2D eigenvalue weighted by molar-refractivity contribution is 7.97. The number of aryl methyl sites for hydroxylation is 2. The van der Waals surface area contributed by atoms with Gasteiger partial charge in [-0.1, -0.05) is 115 Å². The van der Waals surface area contributed by atoms with E-state index in [4.69, 9.17) is 0 Å². The Morgan fingerprint density at radius 1 is 0.676 bits per heavy atom. The molecule has 0 saturated heterocycles. The van der Waals surface area contributed by atoms with Crippen LogP contribution in [0.2, 0.25) is 0 Å². The number of nitrogens with zero attached hydrogens (tertiary/aromatic N) is 1. The van der Waals surface area contributed by atoms with Crippen LogP contribution in [0.4, 0.5) is 0 Å². The first-order chi connectivity index (χ1) is 16.6. The molecular formula is C31H26NOP. The normalized spacial score (nSPS) is 11.2. The molecule has 0 amide bonds. The molecule has 166 valence electrons. The number of rotatable bonds is 6. The van der Waals surface area contributed by atoms with Crippen LogP contribution in [-0.4, -0.2) is 11.1 Å². The molecule has 0 aromatic heterocycles. The molecule has 0 aliphatic carbocycles. The second-order valence-electron chi connectivity index (χ2n) is 8.14. The lowest BCUT2D eigenvalue weighted by molar-refractivity contribution is -0.108. The molecule has 4 aromatic carbocycles. The van der Waals surface area contributed by atoms with Crippen molar-refractivity contribution in [3.05, 3.63) is 132 Å². The number of hydrogen-bond acceptors (Lipinski definition) is 2. The predicted molar refractivity (Wildman–Crippen MR) is 146 cm³/mol. The van der Waals surface area contributed by atoms with Gasteiger partial charge >= 0.3 is 0 Å². The maximum Gasteiger partial charge on any atom is 0.197 e. The van der Waals surface area contributed by atoms with E-state index in [1.165, 1.54) is 0 Å². The molecule has 0 atom stereocenters. The van der Waals surface area contributed by atoms with Crippen molar-refractivity contribution in [3.8, 4) is 6.07 Å². The number of nitriles is 1. The Kier molecular flexibility index (Phi) is 7.07. The number of benzene rings is 4. The van der Waals surface area contributed by atoms with E-state index in [1.54, 1.807) is 6.08 Å². The van der Waals surface area contributed by atoms with E-state index in [2.05, 4.69) is 6.07 Å². The van der Waals surface area contributed by atoms with Crippen LogP contribution in [0, 0.1) is 25.2 Å². The molecule has 0 fully saturated rings. The lowest BCUT2D eigenvalue weighted by Crippen LogP contribution is -2.32. The summed E-state index contributed by atoms with van der Waals surface area (Å²) in [5.74, 6) is -0.255. The van der Waals surface area contributed by atoms with E-state index >= 15 is 0 Å². The molecule has 4 aromatic rings. The van der Waals surface area contributed by atoms with Crippen LogP contribution in [0.25, 0.3) is 6.08 Å². The van der Waals surface area contributed by atoms with Crippen molar-refractivity contribution < 1.29 is 4.79 Å². The minimum atomic E-state index is -2.71. The van der Waals surface area contributed by atoms with Crippen molar-refractivity contribution in [2.45, 2.75) is 13.8 Å². The summed E-state index contributed by atoms with van der Waals surface area (Å²) in [7, 11) is 0. The maximum absolute atomic E-state index is 13.8. The van der Waals surface area contributed by atoms with Gasteiger partial charge in [-0.2, -0.15) is 5.26 Å². The summed E-state index contributed by atoms with van der Waals surface area (Å²) in [6.07, 6.45) is 3.41. The first-order valence-electron chi connectivity index (χ1n) is 11.2. The lowest BCUT2D eigenvalue weighted by Gasteiger charge is -2.29. The van der Waals surface area contributed by atoms with Gasteiger partial charge in [0, 0.05) is 0 Å². The van der Waals surface area contributed by atoms with Crippen molar-refractivity contribution >= 4 is 40.0 Å². The van der Waals surface area contributed by atoms with Crippen LogP contribution in [-0.2, 0) is 4.79 Å². The van der Waals surface area contributed by atoms with E-state index in [0.29, 0.717) is 0 Å². The Hall–Kier alpha value is -3.92. The zero-order chi connectivity index (χ0) is 24.0. The monoisotopic (exact) mass is 459 g/mol. The fourth-order valence-corrected chi connectivity index (χ4v) is 8.50. The van der Waals surface area contributed by atoms with Gasteiger partial charge in [-0.3, -0.25) is 4.79 Å². The third-order valence-corrected chi connectivity index (χ3v) is 10.3. The molecule has 0 unspecified atom stereocenters. The molecular weight excluding hydrogens is 433 g/mol. The number of carbonyl (C=O) groups is 1. The van der Waals surface area contributed by atoms with Gasteiger partial charge in [-0.15, -0.1) is 0 Å². The van der Waals surface area contributed by atoms with Gasteiger partial charge in [-0.05, 0) is 59.4 Å². The minimum absolute atomic E-state index is 0.255. The van der Waals surface area contributed by atoms with E-state index in [9.17, 15) is 10.1 Å². The number of carbonyl (C=O) groups excluding carboxylic acids is 1. The van der Waals surface area contributed by atoms with Crippen molar-refractivity contribution in [1.82, 2.24) is 0 Å².